The fraction of sp³-hybridized carbons (Fsp3) is 0.462. The minimum absolute atomic E-state index is 0. The van der Waals surface area contributed by atoms with Gasteiger partial charge in [-0.25, -0.2) is 4.39 Å². The van der Waals surface area contributed by atoms with Gasteiger partial charge in [0.25, 0.3) is 0 Å². The van der Waals surface area contributed by atoms with Crippen molar-refractivity contribution in [1.82, 2.24) is 5.32 Å². The van der Waals surface area contributed by atoms with E-state index in [9.17, 15) is 9.18 Å². The summed E-state index contributed by atoms with van der Waals surface area (Å²) in [5.74, 6) is -0.526. The van der Waals surface area contributed by atoms with E-state index in [1.54, 1.807) is 6.07 Å². The van der Waals surface area contributed by atoms with Crippen LogP contribution in [0.3, 0.4) is 0 Å². The van der Waals surface area contributed by atoms with Crippen LogP contribution in [0.15, 0.2) is 22.7 Å². The molecular formula is C13H19BrClFN2O. The van der Waals surface area contributed by atoms with Gasteiger partial charge in [-0.15, -0.1) is 12.4 Å². The van der Waals surface area contributed by atoms with Crippen molar-refractivity contribution in [2.24, 2.45) is 11.1 Å². The molecule has 0 saturated heterocycles. The highest BCUT2D eigenvalue weighted by atomic mass is 79.9. The van der Waals surface area contributed by atoms with Gasteiger partial charge >= 0.3 is 0 Å². The maximum absolute atomic E-state index is 12.9. The molecule has 0 aliphatic heterocycles. The standard InChI is InChI=1S/C13H18BrFN2O.ClH/c1-13(2,3)11(16)12(18)17-7-8-4-5-9(15)6-10(8)14;/h4-6,11H,7,16H2,1-3H3,(H,17,18);1H/t11-;/m1./s1. The smallest absolute Gasteiger partial charge is 0.237 e. The van der Waals surface area contributed by atoms with Crippen LogP contribution in [0.5, 0.6) is 0 Å². The third-order valence-electron chi connectivity index (χ3n) is 2.68. The van der Waals surface area contributed by atoms with Crippen molar-refractivity contribution in [2.75, 3.05) is 0 Å². The first-order chi connectivity index (χ1) is 8.21. The largest absolute Gasteiger partial charge is 0.351 e. The van der Waals surface area contributed by atoms with Crippen LogP contribution in [-0.4, -0.2) is 11.9 Å². The van der Waals surface area contributed by atoms with Gasteiger partial charge in [0, 0.05) is 11.0 Å². The zero-order valence-corrected chi connectivity index (χ0v) is 13.6. The average molecular weight is 354 g/mol. The van der Waals surface area contributed by atoms with E-state index < -0.39 is 6.04 Å². The van der Waals surface area contributed by atoms with Gasteiger partial charge in [-0.2, -0.15) is 0 Å². The van der Waals surface area contributed by atoms with Crippen LogP contribution >= 0.6 is 28.3 Å². The first-order valence-electron chi connectivity index (χ1n) is 5.69. The summed E-state index contributed by atoms with van der Waals surface area (Å²) >= 11 is 3.25. The molecule has 3 N–H and O–H groups in total. The summed E-state index contributed by atoms with van der Waals surface area (Å²) in [5.41, 5.74) is 6.36. The molecule has 6 heteroatoms. The van der Waals surface area contributed by atoms with Crippen molar-refractivity contribution in [1.29, 1.82) is 0 Å². The molecule has 1 aromatic carbocycles. The zero-order valence-electron chi connectivity index (χ0n) is 11.2. The molecule has 108 valence electrons. The Morgan fingerprint density at radius 1 is 1.47 bits per heavy atom. The number of carbonyl (C=O) groups is 1. The second kappa shape index (κ2) is 7.22. The number of halogens is 3. The first-order valence-corrected chi connectivity index (χ1v) is 6.48. The summed E-state index contributed by atoms with van der Waals surface area (Å²) < 4.78 is 13.5. The van der Waals surface area contributed by atoms with Crippen LogP contribution in [0.1, 0.15) is 26.3 Å². The van der Waals surface area contributed by atoms with Crippen LogP contribution in [-0.2, 0) is 11.3 Å². The molecule has 1 amide bonds. The number of amides is 1. The number of rotatable bonds is 3. The number of hydrogen-bond donors (Lipinski definition) is 2. The molecule has 0 bridgehead atoms. The number of carbonyl (C=O) groups excluding carboxylic acids is 1. The molecule has 1 rings (SSSR count). The molecule has 0 fully saturated rings. The fourth-order valence-electron chi connectivity index (χ4n) is 1.35. The molecule has 3 nitrogen and oxygen atoms in total. The topological polar surface area (TPSA) is 55.1 Å². The predicted molar refractivity (Wildman–Crippen MR) is 80.6 cm³/mol. The highest BCUT2D eigenvalue weighted by molar-refractivity contribution is 9.10. The summed E-state index contributed by atoms with van der Waals surface area (Å²) in [7, 11) is 0. The van der Waals surface area contributed by atoms with Gasteiger partial charge in [0.15, 0.2) is 0 Å². The number of nitrogens with two attached hydrogens (primary N) is 1. The van der Waals surface area contributed by atoms with E-state index in [0.29, 0.717) is 11.0 Å². The first kappa shape index (κ1) is 18.4. The summed E-state index contributed by atoms with van der Waals surface area (Å²) in [4.78, 5) is 11.8. The molecule has 0 heterocycles. The van der Waals surface area contributed by atoms with Gasteiger partial charge in [-0.3, -0.25) is 4.79 Å². The highest BCUT2D eigenvalue weighted by Crippen LogP contribution is 2.19. The summed E-state index contributed by atoms with van der Waals surface area (Å²) in [6.45, 7) is 6.05. The fourth-order valence-corrected chi connectivity index (χ4v) is 1.84. The molecule has 0 aliphatic rings. The summed E-state index contributed by atoms with van der Waals surface area (Å²) in [5, 5.41) is 2.75. The molecule has 0 spiro atoms. The van der Waals surface area contributed by atoms with Crippen molar-refractivity contribution in [3.63, 3.8) is 0 Å². The summed E-state index contributed by atoms with van der Waals surface area (Å²) in [6, 6.07) is 3.78. The van der Waals surface area contributed by atoms with Gasteiger partial charge in [-0.05, 0) is 23.1 Å². The lowest BCUT2D eigenvalue weighted by Crippen LogP contribution is -2.48. The van der Waals surface area contributed by atoms with Crippen LogP contribution < -0.4 is 11.1 Å². The third kappa shape index (κ3) is 5.47. The monoisotopic (exact) mass is 352 g/mol. The normalized spacial score (nSPS) is 12.5. The SMILES string of the molecule is CC(C)(C)[C@H](N)C(=O)NCc1ccc(F)cc1Br.Cl. The van der Waals surface area contributed by atoms with Crippen molar-refractivity contribution < 1.29 is 9.18 Å². The minimum Gasteiger partial charge on any atom is -0.351 e. The lowest BCUT2D eigenvalue weighted by atomic mass is 9.87. The lowest BCUT2D eigenvalue weighted by molar-refractivity contribution is -0.124. The highest BCUT2D eigenvalue weighted by Gasteiger charge is 2.27. The minimum atomic E-state index is -0.572. The second-order valence-corrected chi connectivity index (χ2v) is 6.15. The van der Waals surface area contributed by atoms with Gasteiger partial charge in [0.05, 0.1) is 6.04 Å². The van der Waals surface area contributed by atoms with Crippen molar-refractivity contribution >= 4 is 34.2 Å². The van der Waals surface area contributed by atoms with E-state index in [1.807, 2.05) is 20.8 Å². The molecule has 19 heavy (non-hydrogen) atoms. The number of benzene rings is 1. The van der Waals surface area contributed by atoms with Gasteiger partial charge in [-0.1, -0.05) is 42.8 Å². The maximum Gasteiger partial charge on any atom is 0.237 e. The Bertz CT molecular complexity index is 449. The quantitative estimate of drug-likeness (QED) is 0.877. The number of hydrogen-bond acceptors (Lipinski definition) is 2. The molecule has 0 radical (unpaired) electrons. The molecule has 0 aromatic heterocycles. The Kier molecular flexibility index (Phi) is 6.97. The van der Waals surface area contributed by atoms with E-state index in [1.165, 1.54) is 12.1 Å². The van der Waals surface area contributed by atoms with E-state index in [0.717, 1.165) is 5.56 Å². The van der Waals surface area contributed by atoms with Crippen LogP contribution in [0.2, 0.25) is 0 Å². The van der Waals surface area contributed by atoms with E-state index in [4.69, 9.17) is 5.73 Å². The molecular weight excluding hydrogens is 335 g/mol. The molecule has 0 saturated carbocycles. The van der Waals surface area contributed by atoms with E-state index in [2.05, 4.69) is 21.2 Å². The van der Waals surface area contributed by atoms with Crippen molar-refractivity contribution in [2.45, 2.75) is 33.4 Å². The predicted octanol–water partition coefficient (Wildman–Crippen LogP) is 3.00. The van der Waals surface area contributed by atoms with Gasteiger partial charge in [0.1, 0.15) is 5.82 Å². The Morgan fingerprint density at radius 2 is 2.05 bits per heavy atom. The Hall–Kier alpha value is -0.650. The van der Waals surface area contributed by atoms with Crippen LogP contribution in [0.4, 0.5) is 4.39 Å². The summed E-state index contributed by atoms with van der Waals surface area (Å²) in [6.07, 6.45) is 0. The maximum atomic E-state index is 12.9. The van der Waals surface area contributed by atoms with E-state index in [-0.39, 0.29) is 29.5 Å². The Balaban J connectivity index is 0.00000324. The lowest BCUT2D eigenvalue weighted by Gasteiger charge is -2.25. The second-order valence-electron chi connectivity index (χ2n) is 5.30. The zero-order chi connectivity index (χ0) is 13.9. The average Bonchev–Trinajstić information content (AvgIpc) is 2.25. The van der Waals surface area contributed by atoms with Crippen LogP contribution in [0, 0.1) is 11.2 Å². The van der Waals surface area contributed by atoms with Crippen molar-refractivity contribution in [3.8, 4) is 0 Å². The molecule has 1 aromatic rings. The van der Waals surface area contributed by atoms with E-state index >= 15 is 0 Å². The Labute approximate surface area is 127 Å². The third-order valence-corrected chi connectivity index (χ3v) is 3.42. The number of nitrogens with one attached hydrogen (secondary N) is 1. The van der Waals surface area contributed by atoms with Gasteiger partial charge < -0.3 is 11.1 Å². The Morgan fingerprint density at radius 3 is 2.53 bits per heavy atom. The van der Waals surface area contributed by atoms with Crippen molar-refractivity contribution in [3.05, 3.63) is 34.1 Å². The molecule has 1 atom stereocenters. The van der Waals surface area contributed by atoms with Gasteiger partial charge in [0.2, 0.25) is 5.91 Å². The van der Waals surface area contributed by atoms with Crippen LogP contribution in [0.25, 0.3) is 0 Å². The molecule has 0 aliphatic carbocycles. The molecule has 0 unspecified atom stereocenters.